The second-order valence-corrected chi connectivity index (χ2v) is 15.3. The fraction of sp³-hybridized carbons (Fsp3) is 0. The van der Waals surface area contributed by atoms with Gasteiger partial charge in [-0.25, -0.2) is 19.9 Å². The Morgan fingerprint density at radius 2 is 0.645 bits per heavy atom. The zero-order valence-corrected chi connectivity index (χ0v) is 33.2. The maximum absolute atomic E-state index is 6.63. The van der Waals surface area contributed by atoms with Gasteiger partial charge in [-0.2, -0.15) is 0 Å². The highest BCUT2D eigenvalue weighted by Crippen LogP contribution is 2.43. The van der Waals surface area contributed by atoms with Gasteiger partial charge in [-0.05, 0) is 57.6 Å². The average Bonchev–Trinajstić information content (AvgIpc) is 3.93. The highest BCUT2D eigenvalue weighted by Gasteiger charge is 2.24. The number of furan rings is 2. The molecule has 0 atom stereocenters. The number of hydrogen-bond donors (Lipinski definition) is 0. The highest BCUT2D eigenvalue weighted by atomic mass is 16.3. The van der Waals surface area contributed by atoms with E-state index in [1.807, 2.05) is 60.7 Å². The minimum absolute atomic E-state index is 0.590. The second-order valence-electron chi connectivity index (χ2n) is 15.3. The van der Waals surface area contributed by atoms with E-state index >= 15 is 0 Å². The van der Waals surface area contributed by atoms with Crippen LogP contribution >= 0.6 is 0 Å². The van der Waals surface area contributed by atoms with Crippen molar-refractivity contribution in [1.29, 1.82) is 0 Å². The molecule has 0 aliphatic heterocycles. The lowest BCUT2D eigenvalue weighted by molar-refractivity contribution is 0.667. The van der Waals surface area contributed by atoms with Crippen molar-refractivity contribution in [3.8, 4) is 78.7 Å². The minimum Gasteiger partial charge on any atom is -0.452 e. The van der Waals surface area contributed by atoms with E-state index in [1.54, 1.807) is 0 Å². The third-order valence-corrected chi connectivity index (χ3v) is 11.6. The van der Waals surface area contributed by atoms with Crippen LogP contribution in [0.2, 0.25) is 0 Å². The van der Waals surface area contributed by atoms with Crippen molar-refractivity contribution < 1.29 is 8.83 Å². The van der Waals surface area contributed by atoms with E-state index in [9.17, 15) is 0 Å². The Morgan fingerprint density at radius 1 is 0.258 bits per heavy atom. The number of hydrogen-bond acceptors (Lipinski definition) is 6. The minimum atomic E-state index is 0.590. The van der Waals surface area contributed by atoms with Crippen LogP contribution in [0.5, 0.6) is 0 Å². The molecule has 0 N–H and O–H groups in total. The van der Waals surface area contributed by atoms with Crippen molar-refractivity contribution in [1.82, 2.24) is 19.9 Å². The number of para-hydroxylation sites is 2. The highest BCUT2D eigenvalue weighted by molar-refractivity contribution is 6.10. The lowest BCUT2D eigenvalue weighted by atomic mass is 9.93. The maximum Gasteiger partial charge on any atom is 0.180 e. The lowest BCUT2D eigenvalue weighted by Crippen LogP contribution is -1.98. The van der Waals surface area contributed by atoms with Gasteiger partial charge in [0.15, 0.2) is 22.8 Å². The van der Waals surface area contributed by atoms with Crippen LogP contribution in [0.1, 0.15) is 0 Å². The van der Waals surface area contributed by atoms with Gasteiger partial charge in [0.1, 0.15) is 33.6 Å². The Hall–Kier alpha value is -8.48. The summed E-state index contributed by atoms with van der Waals surface area (Å²) < 4.78 is 13.2. The Kier molecular flexibility index (Phi) is 8.38. The summed E-state index contributed by atoms with van der Waals surface area (Å²) in [4.78, 5) is 21.1. The van der Waals surface area contributed by atoms with Crippen LogP contribution in [0.25, 0.3) is 123 Å². The smallest absolute Gasteiger partial charge is 0.180 e. The van der Waals surface area contributed by atoms with Gasteiger partial charge in [0, 0.05) is 33.0 Å². The van der Waals surface area contributed by atoms with E-state index in [0.717, 1.165) is 94.3 Å². The molecule has 8 aromatic carbocycles. The molecule has 290 valence electrons. The first-order chi connectivity index (χ1) is 30.7. The standard InChI is InChI=1S/C56H34N4O2/c1-3-15-35(16-4-1)37-27-31-39(32-28-37)49-53-51(45-23-11-13-25-47(45)61-53)60-56(57-49)44-22-10-8-20-42(44)41-19-7-9-21-43(41)50-54-52(46-24-12-14-26-48(46)62-54)59-55(58-50)40-33-29-38(30-34-40)36-17-5-2-6-18-36/h1-34H. The lowest BCUT2D eigenvalue weighted by Gasteiger charge is -2.15. The molecule has 0 saturated carbocycles. The van der Waals surface area contributed by atoms with Crippen LogP contribution in [-0.4, -0.2) is 19.9 Å². The molecule has 12 rings (SSSR count). The Bertz CT molecular complexity index is 3610. The summed E-state index contributed by atoms with van der Waals surface area (Å²) in [7, 11) is 0. The van der Waals surface area contributed by atoms with Gasteiger partial charge in [-0.1, -0.05) is 182 Å². The molecule has 0 bridgehead atoms. The molecule has 0 radical (unpaired) electrons. The third kappa shape index (κ3) is 6.04. The van der Waals surface area contributed by atoms with Gasteiger partial charge in [0.05, 0.1) is 0 Å². The van der Waals surface area contributed by atoms with E-state index in [4.69, 9.17) is 28.8 Å². The van der Waals surface area contributed by atoms with E-state index in [1.165, 1.54) is 0 Å². The van der Waals surface area contributed by atoms with Crippen molar-refractivity contribution in [3.63, 3.8) is 0 Å². The Balaban J connectivity index is 1.04. The molecule has 6 nitrogen and oxygen atoms in total. The molecule has 0 fully saturated rings. The number of rotatable bonds is 7. The summed E-state index contributed by atoms with van der Waals surface area (Å²) in [5.74, 6) is 1.21. The van der Waals surface area contributed by atoms with Crippen LogP contribution in [0.3, 0.4) is 0 Å². The van der Waals surface area contributed by atoms with Gasteiger partial charge in [-0.15, -0.1) is 0 Å². The number of aromatic nitrogens is 4. The number of benzene rings is 8. The molecule has 0 spiro atoms. The molecule has 0 amide bonds. The van der Waals surface area contributed by atoms with E-state index in [0.29, 0.717) is 28.5 Å². The van der Waals surface area contributed by atoms with Crippen molar-refractivity contribution in [3.05, 3.63) is 206 Å². The molecule has 6 heteroatoms. The number of fused-ring (bicyclic) bond motifs is 6. The van der Waals surface area contributed by atoms with Gasteiger partial charge in [-0.3, -0.25) is 0 Å². The van der Waals surface area contributed by atoms with Gasteiger partial charge in [0.25, 0.3) is 0 Å². The molecule has 0 aliphatic carbocycles. The summed E-state index contributed by atoms with van der Waals surface area (Å²) in [6.07, 6.45) is 0. The quantitative estimate of drug-likeness (QED) is 0.160. The first kappa shape index (κ1) is 35.5. The summed E-state index contributed by atoms with van der Waals surface area (Å²) in [6.45, 7) is 0. The zero-order chi connectivity index (χ0) is 41.0. The molecule has 0 saturated heterocycles. The maximum atomic E-state index is 6.63. The van der Waals surface area contributed by atoms with E-state index < -0.39 is 0 Å². The van der Waals surface area contributed by atoms with Crippen LogP contribution in [0.4, 0.5) is 0 Å². The van der Waals surface area contributed by atoms with Crippen LogP contribution in [0.15, 0.2) is 215 Å². The van der Waals surface area contributed by atoms with Gasteiger partial charge < -0.3 is 8.83 Å². The first-order valence-corrected chi connectivity index (χ1v) is 20.6. The van der Waals surface area contributed by atoms with Crippen LogP contribution in [-0.2, 0) is 0 Å². The zero-order valence-electron chi connectivity index (χ0n) is 33.2. The second kappa shape index (κ2) is 14.7. The van der Waals surface area contributed by atoms with E-state index in [2.05, 4.69) is 146 Å². The molecule has 4 aromatic heterocycles. The molecule has 0 unspecified atom stereocenters. The molecular weight excluding hydrogens is 761 g/mol. The SMILES string of the molecule is c1ccc(-c2ccc(-c3nc(-c4ccccc4-c4ccccc4-c4nc(-c5ccc(-c6ccccc6)cc5)c5oc6ccccc6c5n4)c4oc5ccccc5c4n3)cc2)cc1. The third-order valence-electron chi connectivity index (χ3n) is 11.6. The summed E-state index contributed by atoms with van der Waals surface area (Å²) in [5.41, 5.74) is 15.9. The molecule has 4 heterocycles. The average molecular weight is 795 g/mol. The van der Waals surface area contributed by atoms with Gasteiger partial charge in [0.2, 0.25) is 0 Å². The van der Waals surface area contributed by atoms with Crippen molar-refractivity contribution in [2.24, 2.45) is 0 Å². The van der Waals surface area contributed by atoms with Gasteiger partial charge >= 0.3 is 0 Å². The summed E-state index contributed by atoms with van der Waals surface area (Å²) >= 11 is 0. The van der Waals surface area contributed by atoms with Crippen molar-refractivity contribution in [2.75, 3.05) is 0 Å². The molecule has 12 aromatic rings. The van der Waals surface area contributed by atoms with E-state index in [-0.39, 0.29) is 0 Å². The summed E-state index contributed by atoms with van der Waals surface area (Å²) in [5, 5.41) is 1.87. The Labute approximate surface area is 356 Å². The largest absolute Gasteiger partial charge is 0.452 e. The fourth-order valence-electron chi connectivity index (χ4n) is 8.54. The first-order valence-electron chi connectivity index (χ1n) is 20.6. The molecular formula is C56H34N4O2. The molecule has 62 heavy (non-hydrogen) atoms. The van der Waals surface area contributed by atoms with Crippen molar-refractivity contribution >= 4 is 44.1 Å². The van der Waals surface area contributed by atoms with Crippen LogP contribution < -0.4 is 0 Å². The molecule has 0 aliphatic rings. The topological polar surface area (TPSA) is 77.8 Å². The summed E-state index contributed by atoms with van der Waals surface area (Å²) in [6, 6.07) is 70.4. The predicted octanol–water partition coefficient (Wildman–Crippen LogP) is 14.7. The fourth-order valence-corrected chi connectivity index (χ4v) is 8.54. The monoisotopic (exact) mass is 794 g/mol. The number of nitrogens with zero attached hydrogens (tertiary/aromatic N) is 4. The van der Waals surface area contributed by atoms with Crippen molar-refractivity contribution in [2.45, 2.75) is 0 Å². The normalized spacial score (nSPS) is 11.5. The van der Waals surface area contributed by atoms with Crippen LogP contribution in [0, 0.1) is 0 Å². The Morgan fingerprint density at radius 3 is 1.23 bits per heavy atom. The predicted molar refractivity (Wildman–Crippen MR) is 250 cm³/mol.